The SMILES string of the molecule is CC(C)(C)c1ccc2c(c1)c1cccc3c4cc(-c5cccc(-c6nc7ccccc7n6-c6ccccc6)c5)ccc4n2c31. The largest absolute Gasteiger partial charge is 0.308 e. The van der Waals surface area contributed by atoms with E-state index in [0.29, 0.717) is 0 Å². The van der Waals surface area contributed by atoms with Crippen molar-refractivity contribution in [1.29, 1.82) is 0 Å². The standard InChI is InChI=1S/C41H31N3/c1-41(2,3)29-20-22-37-34(25-29)32-16-10-15-31-33-24-27(19-21-36(33)44(37)39(31)32)26-11-9-12-28(23-26)40-42-35-17-7-8-18-38(35)43(40)30-13-5-4-6-14-30/h4-25H,1-3H3. The first-order valence-corrected chi connectivity index (χ1v) is 15.3. The molecule has 0 bridgehead atoms. The predicted molar refractivity (Wildman–Crippen MR) is 185 cm³/mol. The first-order valence-electron chi connectivity index (χ1n) is 15.3. The molecule has 210 valence electrons. The zero-order valence-electron chi connectivity index (χ0n) is 25.0. The Morgan fingerprint density at radius 2 is 1.16 bits per heavy atom. The molecule has 0 unspecified atom stereocenters. The van der Waals surface area contributed by atoms with Crippen molar-refractivity contribution in [3.63, 3.8) is 0 Å². The number of hydrogen-bond donors (Lipinski definition) is 0. The van der Waals surface area contributed by atoms with E-state index in [4.69, 9.17) is 4.98 Å². The van der Waals surface area contributed by atoms with E-state index in [1.165, 1.54) is 54.8 Å². The molecule has 0 atom stereocenters. The molecule has 44 heavy (non-hydrogen) atoms. The van der Waals surface area contributed by atoms with Crippen molar-refractivity contribution < 1.29 is 0 Å². The van der Waals surface area contributed by atoms with Gasteiger partial charge < -0.3 is 4.40 Å². The number of benzene rings is 6. The van der Waals surface area contributed by atoms with E-state index in [2.05, 4.69) is 163 Å². The van der Waals surface area contributed by atoms with Gasteiger partial charge in [0.25, 0.3) is 0 Å². The Hall–Kier alpha value is -5.41. The molecule has 0 N–H and O–H groups in total. The lowest BCUT2D eigenvalue weighted by Gasteiger charge is -2.19. The summed E-state index contributed by atoms with van der Waals surface area (Å²) in [4.78, 5) is 5.11. The van der Waals surface area contributed by atoms with E-state index in [9.17, 15) is 0 Å². The Morgan fingerprint density at radius 1 is 0.500 bits per heavy atom. The van der Waals surface area contributed by atoms with Crippen LogP contribution in [0.1, 0.15) is 26.3 Å². The van der Waals surface area contributed by atoms with E-state index in [1.807, 2.05) is 0 Å². The van der Waals surface area contributed by atoms with Gasteiger partial charge in [-0.25, -0.2) is 4.98 Å². The smallest absolute Gasteiger partial charge is 0.145 e. The van der Waals surface area contributed by atoms with Crippen LogP contribution in [-0.4, -0.2) is 14.0 Å². The summed E-state index contributed by atoms with van der Waals surface area (Å²) in [5.74, 6) is 0.946. The van der Waals surface area contributed by atoms with Gasteiger partial charge >= 0.3 is 0 Å². The van der Waals surface area contributed by atoms with Crippen molar-refractivity contribution >= 4 is 49.1 Å². The summed E-state index contributed by atoms with van der Waals surface area (Å²) in [7, 11) is 0. The van der Waals surface area contributed by atoms with Crippen molar-refractivity contribution in [3.8, 4) is 28.2 Å². The number of fused-ring (bicyclic) bond motifs is 7. The summed E-state index contributed by atoms with van der Waals surface area (Å²) in [5.41, 5.74) is 12.0. The average Bonchev–Trinajstić information content (AvgIpc) is 3.71. The van der Waals surface area contributed by atoms with Crippen LogP contribution >= 0.6 is 0 Å². The number of hydrogen-bond acceptors (Lipinski definition) is 1. The van der Waals surface area contributed by atoms with Gasteiger partial charge in [0.05, 0.1) is 27.6 Å². The molecule has 3 aromatic heterocycles. The molecule has 0 spiro atoms. The lowest BCUT2D eigenvalue weighted by molar-refractivity contribution is 0.591. The van der Waals surface area contributed by atoms with E-state index >= 15 is 0 Å². The van der Waals surface area contributed by atoms with Crippen molar-refractivity contribution in [1.82, 2.24) is 14.0 Å². The van der Waals surface area contributed by atoms with Gasteiger partial charge in [-0.15, -0.1) is 0 Å². The van der Waals surface area contributed by atoms with Crippen molar-refractivity contribution in [3.05, 3.63) is 139 Å². The summed E-state index contributed by atoms with van der Waals surface area (Å²) in [6, 6.07) is 48.4. The van der Waals surface area contributed by atoms with Crippen LogP contribution in [0.2, 0.25) is 0 Å². The molecule has 0 saturated carbocycles. The van der Waals surface area contributed by atoms with Gasteiger partial charge in [0.1, 0.15) is 5.82 Å². The monoisotopic (exact) mass is 565 g/mol. The lowest BCUT2D eigenvalue weighted by atomic mass is 9.86. The quantitative estimate of drug-likeness (QED) is 0.209. The van der Waals surface area contributed by atoms with Crippen LogP contribution in [0.5, 0.6) is 0 Å². The summed E-state index contributed by atoms with van der Waals surface area (Å²) in [5, 5.41) is 5.24. The number of para-hydroxylation sites is 4. The second-order valence-electron chi connectivity index (χ2n) is 12.9. The molecular formula is C41H31N3. The number of imidazole rings is 1. The zero-order valence-corrected chi connectivity index (χ0v) is 25.0. The van der Waals surface area contributed by atoms with E-state index in [0.717, 1.165) is 28.1 Å². The Morgan fingerprint density at radius 3 is 1.95 bits per heavy atom. The summed E-state index contributed by atoms with van der Waals surface area (Å²) >= 11 is 0. The summed E-state index contributed by atoms with van der Waals surface area (Å²) in [6.45, 7) is 6.86. The van der Waals surface area contributed by atoms with Crippen LogP contribution in [0.15, 0.2) is 133 Å². The molecule has 3 heteroatoms. The van der Waals surface area contributed by atoms with Gasteiger partial charge in [-0.05, 0) is 76.7 Å². The molecule has 9 aromatic rings. The van der Waals surface area contributed by atoms with Crippen LogP contribution in [0, 0.1) is 0 Å². The molecule has 9 rings (SSSR count). The third kappa shape index (κ3) is 3.59. The van der Waals surface area contributed by atoms with Gasteiger partial charge in [-0.1, -0.05) is 99.6 Å². The Labute approximate surface area is 256 Å². The topological polar surface area (TPSA) is 22.2 Å². The molecule has 0 radical (unpaired) electrons. The third-order valence-corrected chi connectivity index (χ3v) is 9.21. The van der Waals surface area contributed by atoms with Gasteiger partial charge in [-0.2, -0.15) is 0 Å². The average molecular weight is 566 g/mol. The fourth-order valence-electron chi connectivity index (χ4n) is 7.03. The fourth-order valence-corrected chi connectivity index (χ4v) is 7.03. The molecule has 0 aliphatic carbocycles. The van der Waals surface area contributed by atoms with Gasteiger partial charge in [0.2, 0.25) is 0 Å². The maximum Gasteiger partial charge on any atom is 0.145 e. The minimum atomic E-state index is 0.108. The minimum Gasteiger partial charge on any atom is -0.308 e. The number of nitrogens with zero attached hydrogens (tertiary/aromatic N) is 3. The zero-order chi connectivity index (χ0) is 29.6. The van der Waals surface area contributed by atoms with Crippen LogP contribution in [-0.2, 0) is 5.41 Å². The molecular weight excluding hydrogens is 534 g/mol. The molecule has 3 heterocycles. The van der Waals surface area contributed by atoms with Crippen molar-refractivity contribution in [2.45, 2.75) is 26.2 Å². The normalized spacial score (nSPS) is 12.4. The lowest BCUT2D eigenvalue weighted by Crippen LogP contribution is -2.10. The highest BCUT2D eigenvalue weighted by Crippen LogP contribution is 2.41. The van der Waals surface area contributed by atoms with Crippen LogP contribution in [0.25, 0.3) is 77.3 Å². The van der Waals surface area contributed by atoms with E-state index in [-0.39, 0.29) is 5.41 Å². The fraction of sp³-hybridized carbons (Fsp3) is 0.0976. The highest BCUT2D eigenvalue weighted by Gasteiger charge is 2.21. The van der Waals surface area contributed by atoms with Gasteiger partial charge in [-0.3, -0.25) is 4.57 Å². The Balaban J connectivity index is 1.23. The number of rotatable bonds is 3. The number of aromatic nitrogens is 3. The van der Waals surface area contributed by atoms with Gasteiger partial charge in [0.15, 0.2) is 0 Å². The maximum absolute atomic E-state index is 5.11. The second-order valence-corrected chi connectivity index (χ2v) is 12.9. The molecule has 6 aromatic carbocycles. The van der Waals surface area contributed by atoms with Crippen molar-refractivity contribution in [2.75, 3.05) is 0 Å². The minimum absolute atomic E-state index is 0.108. The van der Waals surface area contributed by atoms with Crippen molar-refractivity contribution in [2.24, 2.45) is 0 Å². The molecule has 0 amide bonds. The summed E-state index contributed by atoms with van der Waals surface area (Å²) < 4.78 is 4.73. The Bertz CT molecular complexity index is 2520. The first-order chi connectivity index (χ1) is 21.5. The Kier molecular flexibility index (Phi) is 5.16. The molecule has 3 nitrogen and oxygen atoms in total. The van der Waals surface area contributed by atoms with Gasteiger partial charge in [0, 0.05) is 32.8 Å². The second kappa shape index (κ2) is 9.05. The van der Waals surface area contributed by atoms with Crippen LogP contribution < -0.4 is 0 Å². The molecule has 0 fully saturated rings. The van der Waals surface area contributed by atoms with Crippen LogP contribution in [0.3, 0.4) is 0 Å². The van der Waals surface area contributed by atoms with Crippen LogP contribution in [0.4, 0.5) is 0 Å². The predicted octanol–water partition coefficient (Wildman–Crippen LogP) is 10.8. The maximum atomic E-state index is 5.11. The highest BCUT2D eigenvalue weighted by atomic mass is 15.1. The molecule has 0 aliphatic heterocycles. The summed E-state index contributed by atoms with van der Waals surface area (Å²) in [6.07, 6.45) is 0. The first kappa shape index (κ1) is 25.1. The van der Waals surface area contributed by atoms with E-state index < -0.39 is 0 Å². The third-order valence-electron chi connectivity index (χ3n) is 9.21. The molecule has 0 aliphatic rings. The highest BCUT2D eigenvalue weighted by molar-refractivity contribution is 6.23. The van der Waals surface area contributed by atoms with E-state index in [1.54, 1.807) is 0 Å². The molecule has 0 saturated heterocycles.